The van der Waals surface area contributed by atoms with E-state index in [0.717, 1.165) is 4.57 Å². The summed E-state index contributed by atoms with van der Waals surface area (Å²) in [6, 6.07) is -2.48. The Morgan fingerprint density at radius 3 is 2.30 bits per heavy atom. The summed E-state index contributed by atoms with van der Waals surface area (Å²) >= 11 is 3.04. The summed E-state index contributed by atoms with van der Waals surface area (Å²) in [7, 11) is 0. The fourth-order valence-corrected chi connectivity index (χ4v) is 3.63. The first kappa shape index (κ1) is 29.9. The summed E-state index contributed by atoms with van der Waals surface area (Å²) in [5.41, 5.74) is 10.0. The van der Waals surface area contributed by atoms with Crippen LogP contribution in [-0.4, -0.2) is 74.5 Å². The monoisotopic (exact) mass is 590 g/mol. The van der Waals surface area contributed by atoms with Crippen molar-refractivity contribution in [1.82, 2.24) is 9.55 Å². The van der Waals surface area contributed by atoms with Crippen LogP contribution in [0.15, 0.2) is 20.8 Å². The lowest BCUT2D eigenvalue weighted by Crippen LogP contribution is -2.40. The van der Waals surface area contributed by atoms with Gasteiger partial charge >= 0.3 is 29.6 Å². The number of nitrogens with zero attached hydrogens (tertiary/aromatic N) is 1. The van der Waals surface area contributed by atoms with Crippen molar-refractivity contribution in [2.75, 3.05) is 6.61 Å². The molecule has 2 heterocycles. The molecule has 5 atom stereocenters. The van der Waals surface area contributed by atoms with Gasteiger partial charge in [-0.2, -0.15) is 0 Å². The van der Waals surface area contributed by atoms with E-state index in [-0.39, 0.29) is 37.7 Å². The average molecular weight is 591 g/mol. The third kappa shape index (κ3) is 8.92. The molecule has 1 saturated heterocycles. The van der Waals surface area contributed by atoms with Crippen LogP contribution >= 0.6 is 15.9 Å². The van der Waals surface area contributed by atoms with Gasteiger partial charge in [-0.25, -0.2) is 4.79 Å². The number of carboxylic acids is 2. The van der Waals surface area contributed by atoms with Gasteiger partial charge < -0.3 is 35.9 Å². The van der Waals surface area contributed by atoms with Crippen LogP contribution < -0.4 is 22.7 Å². The molecule has 0 spiro atoms. The second-order valence-electron chi connectivity index (χ2n) is 8.09. The van der Waals surface area contributed by atoms with E-state index in [2.05, 4.69) is 20.9 Å². The number of hydrogen-bond donors (Lipinski definition) is 5. The maximum atomic E-state index is 12.4. The van der Waals surface area contributed by atoms with Crippen molar-refractivity contribution in [3.05, 3.63) is 37.6 Å². The van der Waals surface area contributed by atoms with Crippen molar-refractivity contribution in [3.63, 3.8) is 0 Å². The minimum Gasteiger partial charge on any atom is -0.481 e. The summed E-state index contributed by atoms with van der Waals surface area (Å²) in [5.74, 6) is -4.14. The average Bonchev–Trinajstić information content (AvgIpc) is 3.22. The highest BCUT2D eigenvalue weighted by atomic mass is 79.9. The number of aromatic nitrogens is 2. The zero-order valence-electron chi connectivity index (χ0n) is 19.4. The molecule has 0 aliphatic carbocycles. The number of nitrogens with one attached hydrogen (secondary N) is 1. The molecule has 0 radical (unpaired) electrons. The number of carboxylic acid groups (broad SMARTS) is 2. The maximum Gasteiger partial charge on any atom is 0.330 e. The Balaban J connectivity index is 2.20. The van der Waals surface area contributed by atoms with Gasteiger partial charge in [0.15, 0.2) is 0 Å². The zero-order chi connectivity index (χ0) is 27.7. The summed E-state index contributed by atoms with van der Waals surface area (Å²) in [6.45, 7) is -0.468. The van der Waals surface area contributed by atoms with E-state index < -0.39 is 72.3 Å². The van der Waals surface area contributed by atoms with Crippen molar-refractivity contribution in [2.45, 2.75) is 62.6 Å². The van der Waals surface area contributed by atoms with Gasteiger partial charge in [0.05, 0.1) is 5.56 Å². The van der Waals surface area contributed by atoms with Crippen molar-refractivity contribution in [3.8, 4) is 0 Å². The highest BCUT2D eigenvalue weighted by Gasteiger charge is 2.41. The quantitative estimate of drug-likeness (QED) is 0.174. The molecular formula is C21H27BrN4O11. The number of esters is 2. The number of halogens is 1. The van der Waals surface area contributed by atoms with Crippen molar-refractivity contribution >= 4 is 45.9 Å². The van der Waals surface area contributed by atoms with E-state index in [4.69, 9.17) is 35.9 Å². The molecule has 0 bridgehead atoms. The molecule has 7 N–H and O–H groups in total. The Kier molecular flexibility index (Phi) is 11.2. The molecule has 0 amide bonds. The lowest BCUT2D eigenvalue weighted by molar-refractivity contribution is -0.160. The fourth-order valence-electron chi connectivity index (χ4n) is 3.35. The lowest BCUT2D eigenvalue weighted by atomic mass is 10.1. The van der Waals surface area contributed by atoms with Gasteiger partial charge in [-0.05, 0) is 23.9 Å². The molecule has 1 aromatic heterocycles. The predicted molar refractivity (Wildman–Crippen MR) is 128 cm³/mol. The predicted octanol–water partition coefficient (Wildman–Crippen LogP) is -0.971. The minimum absolute atomic E-state index is 0.103. The van der Waals surface area contributed by atoms with Gasteiger partial charge in [-0.15, -0.1) is 0 Å². The number of ether oxygens (including phenoxy) is 3. The Bertz CT molecular complexity index is 1150. The van der Waals surface area contributed by atoms with E-state index in [0.29, 0.717) is 0 Å². The number of carbonyl (C=O) groups excluding carboxylic acids is 2. The molecular weight excluding hydrogens is 564 g/mol. The van der Waals surface area contributed by atoms with Crippen LogP contribution in [0.5, 0.6) is 0 Å². The summed E-state index contributed by atoms with van der Waals surface area (Å²) in [5, 5.41) is 17.5. The third-order valence-electron chi connectivity index (χ3n) is 5.33. The first-order chi connectivity index (χ1) is 17.4. The Morgan fingerprint density at radius 1 is 1.14 bits per heavy atom. The molecule has 1 fully saturated rings. The standard InChI is InChI=1S/C21H27BrN4O11/c22-6-5-10-8-26(21(34)25-18(10)31)15-7-13(37-20(33)12(24)2-4-17(29)30)14(36-15)9-35-19(32)11(23)1-3-16(27)28/h5-6,8,11-15H,1-4,7,9,23-24H2,(H,27,28)(H,29,30)(H,25,31,34)/b6-5+/t11-,12-,13?,14-,15-/m0/s1. The van der Waals surface area contributed by atoms with E-state index in [1.54, 1.807) is 0 Å². The molecule has 37 heavy (non-hydrogen) atoms. The van der Waals surface area contributed by atoms with Gasteiger partial charge in [0.1, 0.15) is 37.1 Å². The molecule has 15 nitrogen and oxygen atoms in total. The number of nitrogens with two attached hydrogens (primary N) is 2. The molecule has 0 aromatic carbocycles. The summed E-state index contributed by atoms with van der Waals surface area (Å²) in [6.07, 6.45) is -1.79. The maximum absolute atomic E-state index is 12.4. The minimum atomic E-state index is -1.26. The van der Waals surface area contributed by atoms with Crippen LogP contribution in [0.4, 0.5) is 0 Å². The van der Waals surface area contributed by atoms with Crippen LogP contribution in [0.25, 0.3) is 6.08 Å². The Morgan fingerprint density at radius 2 is 1.73 bits per heavy atom. The van der Waals surface area contributed by atoms with Gasteiger partial charge in [-0.1, -0.05) is 15.9 Å². The van der Waals surface area contributed by atoms with Crippen molar-refractivity contribution < 1.29 is 43.6 Å². The van der Waals surface area contributed by atoms with E-state index in [1.165, 1.54) is 17.3 Å². The van der Waals surface area contributed by atoms with E-state index in [9.17, 15) is 28.8 Å². The van der Waals surface area contributed by atoms with Crippen molar-refractivity contribution in [1.29, 1.82) is 0 Å². The molecule has 2 rings (SSSR count). The molecule has 1 aromatic rings. The second kappa shape index (κ2) is 13.8. The van der Waals surface area contributed by atoms with Crippen LogP contribution in [0.2, 0.25) is 0 Å². The second-order valence-corrected chi connectivity index (χ2v) is 8.62. The van der Waals surface area contributed by atoms with Crippen LogP contribution in [0.1, 0.15) is 43.9 Å². The first-order valence-corrected chi connectivity index (χ1v) is 11.9. The fraction of sp³-hybridized carbons (Fsp3) is 0.524. The Labute approximate surface area is 217 Å². The number of hydrogen-bond acceptors (Lipinski definition) is 11. The largest absolute Gasteiger partial charge is 0.481 e. The number of carbonyl (C=O) groups is 4. The highest BCUT2D eigenvalue weighted by Crippen LogP contribution is 2.31. The molecule has 1 aliphatic heterocycles. The molecule has 1 unspecified atom stereocenters. The number of H-pyrrole nitrogens is 1. The topological polar surface area (TPSA) is 243 Å². The molecule has 204 valence electrons. The van der Waals surface area contributed by atoms with E-state index >= 15 is 0 Å². The van der Waals surface area contributed by atoms with Gasteiger partial charge in [-0.3, -0.25) is 33.5 Å². The Hall–Kier alpha value is -3.34. The van der Waals surface area contributed by atoms with Gasteiger partial charge in [0.2, 0.25) is 0 Å². The molecule has 16 heteroatoms. The first-order valence-electron chi connectivity index (χ1n) is 11.0. The summed E-state index contributed by atoms with van der Waals surface area (Å²) in [4.78, 5) is 74.0. The number of rotatable bonds is 13. The molecule has 0 saturated carbocycles. The summed E-state index contributed by atoms with van der Waals surface area (Å²) < 4.78 is 17.4. The highest BCUT2D eigenvalue weighted by molar-refractivity contribution is 9.11. The number of aromatic amines is 1. The van der Waals surface area contributed by atoms with Gasteiger partial charge in [0.25, 0.3) is 5.56 Å². The zero-order valence-corrected chi connectivity index (χ0v) is 21.0. The normalized spacial score (nSPS) is 20.9. The number of aliphatic carboxylic acids is 2. The molecule has 1 aliphatic rings. The lowest BCUT2D eigenvalue weighted by Gasteiger charge is -2.21. The van der Waals surface area contributed by atoms with E-state index in [1.807, 2.05) is 0 Å². The van der Waals surface area contributed by atoms with Crippen molar-refractivity contribution in [2.24, 2.45) is 11.5 Å². The third-order valence-corrected chi connectivity index (χ3v) is 5.59. The van der Waals surface area contributed by atoms with Gasteiger partial charge in [0, 0.05) is 25.5 Å². The van der Waals surface area contributed by atoms with Crippen LogP contribution in [0.3, 0.4) is 0 Å². The van der Waals surface area contributed by atoms with Crippen LogP contribution in [-0.2, 0) is 33.4 Å². The SMILES string of the molecule is N[C@@H](CCC(=O)O)C(=O)OC[C@@H]1O[C@H](n2cc(/C=C/Br)c(=O)[nH]c2=O)CC1OC(=O)[C@@H](N)CCC(=O)O. The van der Waals surface area contributed by atoms with Crippen LogP contribution in [0, 0.1) is 0 Å². The smallest absolute Gasteiger partial charge is 0.330 e.